The highest BCUT2D eigenvalue weighted by Gasteiger charge is 2.19. The van der Waals surface area contributed by atoms with Gasteiger partial charge in [-0.15, -0.1) is 0 Å². The molecule has 0 spiro atoms. The maximum Gasteiger partial charge on any atom is 0.223 e. The van der Waals surface area contributed by atoms with Gasteiger partial charge in [-0.2, -0.15) is 0 Å². The molecular weight excluding hydrogens is 295 g/mol. The van der Waals surface area contributed by atoms with Gasteiger partial charge in [0.1, 0.15) is 5.82 Å². The molecule has 1 aromatic heterocycles. The number of H-pyrrole nitrogens is 1. The molecule has 0 radical (unpaired) electrons. The Morgan fingerprint density at radius 2 is 1.91 bits per heavy atom. The molecule has 4 nitrogen and oxygen atoms in total. The molecule has 2 aromatic rings. The van der Waals surface area contributed by atoms with Gasteiger partial charge < -0.3 is 10.1 Å². The van der Waals surface area contributed by atoms with Crippen LogP contribution in [0.1, 0.15) is 24.1 Å². The van der Waals surface area contributed by atoms with E-state index in [-0.39, 0.29) is 17.0 Å². The smallest absolute Gasteiger partial charge is 0.223 e. The van der Waals surface area contributed by atoms with Crippen molar-refractivity contribution in [1.82, 2.24) is 9.88 Å². The van der Waals surface area contributed by atoms with E-state index in [0.29, 0.717) is 12.5 Å². The summed E-state index contributed by atoms with van der Waals surface area (Å²) < 4.78 is 12.9. The standard InChI is InChI=1S/C18H21FN2O2/c19-15-3-1-13(2-4-15)9-14-5-7-21(8-6-14)12-16-10-17(22)18(23)11-20-16/h1-4,10-11,14,23H,5-9,12H2,(H,20,22). The fraction of sp³-hybridized carbons (Fsp3) is 0.389. The van der Waals surface area contributed by atoms with Crippen molar-refractivity contribution in [3.05, 3.63) is 63.8 Å². The van der Waals surface area contributed by atoms with Gasteiger partial charge in [0.15, 0.2) is 5.75 Å². The Morgan fingerprint density at radius 1 is 1.22 bits per heavy atom. The van der Waals surface area contributed by atoms with Crippen LogP contribution in [-0.2, 0) is 13.0 Å². The van der Waals surface area contributed by atoms with Crippen molar-refractivity contribution in [2.75, 3.05) is 13.1 Å². The molecule has 0 aliphatic carbocycles. The molecular formula is C18H21FN2O2. The number of likely N-dealkylation sites (tertiary alicyclic amines) is 1. The number of pyridine rings is 1. The van der Waals surface area contributed by atoms with E-state index in [1.54, 1.807) is 0 Å². The minimum atomic E-state index is -0.343. The van der Waals surface area contributed by atoms with E-state index in [0.717, 1.165) is 38.0 Å². The number of piperidine rings is 1. The number of rotatable bonds is 4. The number of nitrogens with one attached hydrogen (secondary N) is 1. The average molecular weight is 316 g/mol. The van der Waals surface area contributed by atoms with Gasteiger partial charge in [0.25, 0.3) is 0 Å². The van der Waals surface area contributed by atoms with Crippen LogP contribution in [0.15, 0.2) is 41.3 Å². The Hall–Kier alpha value is -2.14. The first-order valence-corrected chi connectivity index (χ1v) is 7.97. The minimum Gasteiger partial charge on any atom is -0.503 e. The van der Waals surface area contributed by atoms with Gasteiger partial charge in [0, 0.05) is 24.5 Å². The maximum atomic E-state index is 12.9. The quantitative estimate of drug-likeness (QED) is 0.912. The summed E-state index contributed by atoms with van der Waals surface area (Å²) in [5.41, 5.74) is 1.67. The van der Waals surface area contributed by atoms with Crippen molar-refractivity contribution < 1.29 is 9.50 Å². The Kier molecular flexibility index (Phi) is 4.76. The van der Waals surface area contributed by atoms with E-state index >= 15 is 0 Å². The molecule has 0 amide bonds. The molecule has 1 aliphatic rings. The van der Waals surface area contributed by atoms with Gasteiger partial charge in [-0.05, 0) is 56.0 Å². The summed E-state index contributed by atoms with van der Waals surface area (Å²) in [6, 6.07) is 8.23. The highest BCUT2D eigenvalue weighted by Crippen LogP contribution is 2.22. The highest BCUT2D eigenvalue weighted by atomic mass is 19.1. The monoisotopic (exact) mass is 316 g/mol. The van der Waals surface area contributed by atoms with Crippen LogP contribution >= 0.6 is 0 Å². The van der Waals surface area contributed by atoms with Crippen molar-refractivity contribution in [3.8, 4) is 5.75 Å². The van der Waals surface area contributed by atoms with Gasteiger partial charge in [-0.25, -0.2) is 4.39 Å². The third-order valence-electron chi connectivity index (χ3n) is 4.49. The molecule has 2 heterocycles. The number of aromatic nitrogens is 1. The van der Waals surface area contributed by atoms with Gasteiger partial charge in [0.05, 0.1) is 0 Å². The normalized spacial score (nSPS) is 16.6. The predicted octanol–water partition coefficient (Wildman–Crippen LogP) is 2.67. The van der Waals surface area contributed by atoms with E-state index < -0.39 is 0 Å². The van der Waals surface area contributed by atoms with Crippen molar-refractivity contribution in [3.63, 3.8) is 0 Å². The molecule has 122 valence electrons. The number of halogens is 1. The molecule has 0 bridgehead atoms. The number of aromatic hydroxyl groups is 1. The summed E-state index contributed by atoms with van der Waals surface area (Å²) in [5.74, 6) is 0.189. The van der Waals surface area contributed by atoms with Crippen molar-refractivity contribution in [2.24, 2.45) is 5.92 Å². The van der Waals surface area contributed by atoms with Crippen LogP contribution in [0.2, 0.25) is 0 Å². The van der Waals surface area contributed by atoms with Crippen molar-refractivity contribution in [2.45, 2.75) is 25.8 Å². The molecule has 5 heteroatoms. The first kappa shape index (κ1) is 15.7. The lowest BCUT2D eigenvalue weighted by Crippen LogP contribution is -2.34. The number of hydrogen-bond acceptors (Lipinski definition) is 3. The lowest BCUT2D eigenvalue weighted by Gasteiger charge is -2.31. The van der Waals surface area contributed by atoms with Gasteiger partial charge in [0.2, 0.25) is 5.43 Å². The third kappa shape index (κ3) is 4.20. The number of aromatic amines is 1. The molecule has 1 fully saturated rings. The van der Waals surface area contributed by atoms with Crippen LogP contribution in [0, 0.1) is 11.7 Å². The Morgan fingerprint density at radius 3 is 2.57 bits per heavy atom. The maximum absolute atomic E-state index is 12.9. The zero-order valence-electron chi connectivity index (χ0n) is 13.0. The molecule has 0 atom stereocenters. The Bertz CT molecular complexity index is 704. The van der Waals surface area contributed by atoms with Crippen molar-refractivity contribution >= 4 is 0 Å². The van der Waals surface area contributed by atoms with Crippen LogP contribution in [0.25, 0.3) is 0 Å². The summed E-state index contributed by atoms with van der Waals surface area (Å²) in [7, 11) is 0. The van der Waals surface area contributed by atoms with Gasteiger partial charge in [-0.1, -0.05) is 12.1 Å². The Balaban J connectivity index is 1.51. The molecule has 2 N–H and O–H groups in total. The molecule has 1 aliphatic heterocycles. The van der Waals surface area contributed by atoms with E-state index in [4.69, 9.17) is 0 Å². The SMILES string of the molecule is O=c1cc(CN2CCC(Cc3ccc(F)cc3)CC2)[nH]cc1O. The van der Waals surface area contributed by atoms with Crippen LogP contribution in [-0.4, -0.2) is 28.1 Å². The first-order chi connectivity index (χ1) is 11.1. The first-order valence-electron chi connectivity index (χ1n) is 7.97. The van der Waals surface area contributed by atoms with Crippen LogP contribution < -0.4 is 5.43 Å². The lowest BCUT2D eigenvalue weighted by molar-refractivity contribution is 0.175. The zero-order valence-corrected chi connectivity index (χ0v) is 13.0. The fourth-order valence-corrected chi connectivity index (χ4v) is 3.14. The van der Waals surface area contributed by atoms with Crippen molar-refractivity contribution in [1.29, 1.82) is 0 Å². The summed E-state index contributed by atoms with van der Waals surface area (Å²) >= 11 is 0. The molecule has 0 unspecified atom stereocenters. The molecule has 23 heavy (non-hydrogen) atoms. The van der Waals surface area contributed by atoms with Crippen LogP contribution in [0.5, 0.6) is 5.75 Å². The molecule has 1 aromatic carbocycles. The van der Waals surface area contributed by atoms with Gasteiger partial charge >= 0.3 is 0 Å². The minimum absolute atomic E-state index is 0.188. The lowest BCUT2D eigenvalue weighted by atomic mass is 9.90. The zero-order chi connectivity index (χ0) is 16.2. The summed E-state index contributed by atoms with van der Waals surface area (Å²) in [4.78, 5) is 16.7. The summed E-state index contributed by atoms with van der Waals surface area (Å²) in [5, 5.41) is 9.26. The number of benzene rings is 1. The number of hydrogen-bond donors (Lipinski definition) is 2. The molecule has 3 rings (SSSR count). The third-order valence-corrected chi connectivity index (χ3v) is 4.49. The Labute approximate surface area is 134 Å². The average Bonchev–Trinajstić information content (AvgIpc) is 2.55. The number of nitrogens with zero attached hydrogens (tertiary/aromatic N) is 1. The second-order valence-corrected chi connectivity index (χ2v) is 6.26. The topological polar surface area (TPSA) is 56.3 Å². The van der Waals surface area contributed by atoms with E-state index in [9.17, 15) is 14.3 Å². The fourth-order valence-electron chi connectivity index (χ4n) is 3.14. The van der Waals surface area contributed by atoms with E-state index in [1.165, 1.54) is 30.0 Å². The highest BCUT2D eigenvalue weighted by molar-refractivity contribution is 5.19. The van der Waals surface area contributed by atoms with E-state index in [1.807, 2.05) is 12.1 Å². The van der Waals surface area contributed by atoms with Gasteiger partial charge in [-0.3, -0.25) is 9.69 Å². The summed E-state index contributed by atoms with van der Waals surface area (Å²) in [6.45, 7) is 2.66. The second kappa shape index (κ2) is 6.96. The van der Waals surface area contributed by atoms with Crippen LogP contribution in [0.4, 0.5) is 4.39 Å². The largest absolute Gasteiger partial charge is 0.503 e. The van der Waals surface area contributed by atoms with E-state index in [2.05, 4.69) is 9.88 Å². The molecule has 0 saturated carbocycles. The molecule has 1 saturated heterocycles. The second-order valence-electron chi connectivity index (χ2n) is 6.26. The van der Waals surface area contributed by atoms with Crippen LogP contribution in [0.3, 0.4) is 0 Å². The predicted molar refractivity (Wildman–Crippen MR) is 86.8 cm³/mol. The summed E-state index contributed by atoms with van der Waals surface area (Å²) in [6.07, 6.45) is 4.53.